The third-order valence-corrected chi connectivity index (χ3v) is 9.65. The zero-order chi connectivity index (χ0) is 32.3. The highest BCUT2D eigenvalue weighted by atomic mass is 16.3. The van der Waals surface area contributed by atoms with E-state index < -0.39 is 0 Å². The standard InChI is InChI=1S/C46H29NO2/c1-3-13-30(14-4-1)31-25-27-34(28-26-31)47(33-16-5-2-6-17-33)41-23-12-21-38-40-29-32-15-7-8-18-35(32)43(46(40)49-45(38)41)39-22-11-20-37-36-19-9-10-24-42(36)48-44(37)39/h1-29H. The first-order valence-corrected chi connectivity index (χ1v) is 16.6. The number of furan rings is 2. The van der Waals surface area contributed by atoms with Crippen LogP contribution in [0.4, 0.5) is 17.1 Å². The second-order valence-corrected chi connectivity index (χ2v) is 12.5. The van der Waals surface area contributed by atoms with Gasteiger partial charge in [0.25, 0.3) is 0 Å². The van der Waals surface area contributed by atoms with Gasteiger partial charge in [-0.15, -0.1) is 0 Å². The molecule has 0 aliphatic carbocycles. The molecular formula is C46H29NO2. The van der Waals surface area contributed by atoms with Gasteiger partial charge >= 0.3 is 0 Å². The van der Waals surface area contributed by atoms with Gasteiger partial charge in [0, 0.05) is 44.0 Å². The number of rotatable bonds is 5. The zero-order valence-electron chi connectivity index (χ0n) is 26.5. The van der Waals surface area contributed by atoms with Crippen LogP contribution in [-0.4, -0.2) is 0 Å². The molecule has 0 N–H and O–H groups in total. The first-order valence-electron chi connectivity index (χ1n) is 16.6. The lowest BCUT2D eigenvalue weighted by molar-refractivity contribution is 0.665. The van der Waals surface area contributed by atoms with Crippen molar-refractivity contribution in [2.45, 2.75) is 0 Å². The fourth-order valence-electron chi connectivity index (χ4n) is 7.41. The largest absolute Gasteiger partial charge is 0.455 e. The molecule has 0 amide bonds. The summed E-state index contributed by atoms with van der Waals surface area (Å²) in [7, 11) is 0. The van der Waals surface area contributed by atoms with Gasteiger partial charge in [-0.25, -0.2) is 0 Å². The maximum Gasteiger partial charge on any atom is 0.159 e. The van der Waals surface area contributed by atoms with E-state index in [-0.39, 0.29) is 0 Å². The van der Waals surface area contributed by atoms with Gasteiger partial charge in [0.15, 0.2) is 5.58 Å². The Morgan fingerprint density at radius 3 is 1.80 bits per heavy atom. The van der Waals surface area contributed by atoms with Crippen LogP contribution >= 0.6 is 0 Å². The number of para-hydroxylation sites is 4. The molecule has 2 aromatic heterocycles. The van der Waals surface area contributed by atoms with E-state index in [4.69, 9.17) is 8.83 Å². The van der Waals surface area contributed by atoms with Gasteiger partial charge in [-0.2, -0.15) is 0 Å². The van der Waals surface area contributed by atoms with Crippen molar-refractivity contribution in [3.8, 4) is 22.3 Å². The normalized spacial score (nSPS) is 11.7. The van der Waals surface area contributed by atoms with E-state index >= 15 is 0 Å². The van der Waals surface area contributed by atoms with Gasteiger partial charge in [0.2, 0.25) is 0 Å². The first kappa shape index (κ1) is 27.5. The van der Waals surface area contributed by atoms with Gasteiger partial charge in [0.1, 0.15) is 16.7 Å². The Morgan fingerprint density at radius 2 is 0.980 bits per heavy atom. The molecule has 8 aromatic carbocycles. The van der Waals surface area contributed by atoms with Crippen LogP contribution in [0.25, 0.3) is 76.9 Å². The van der Waals surface area contributed by atoms with Gasteiger partial charge < -0.3 is 13.7 Å². The van der Waals surface area contributed by atoms with Gasteiger partial charge in [0.05, 0.1) is 5.69 Å². The quantitative estimate of drug-likeness (QED) is 0.190. The Bertz CT molecular complexity index is 2810. The minimum absolute atomic E-state index is 0.835. The Hall–Kier alpha value is -6.58. The lowest BCUT2D eigenvalue weighted by atomic mass is 9.94. The van der Waals surface area contributed by atoms with Crippen molar-refractivity contribution in [3.63, 3.8) is 0 Å². The number of hydrogen-bond donors (Lipinski definition) is 0. The molecule has 0 fully saturated rings. The summed E-state index contributed by atoms with van der Waals surface area (Å²) < 4.78 is 13.7. The van der Waals surface area contributed by atoms with Crippen molar-refractivity contribution in [2.24, 2.45) is 0 Å². The Balaban J connectivity index is 1.25. The molecule has 49 heavy (non-hydrogen) atoms. The van der Waals surface area contributed by atoms with Crippen LogP contribution in [-0.2, 0) is 0 Å². The lowest BCUT2D eigenvalue weighted by Crippen LogP contribution is -2.10. The average Bonchev–Trinajstić information content (AvgIpc) is 3.74. The second kappa shape index (κ2) is 11.0. The Morgan fingerprint density at radius 1 is 0.367 bits per heavy atom. The predicted molar refractivity (Wildman–Crippen MR) is 204 cm³/mol. The minimum atomic E-state index is 0.835. The molecule has 0 bridgehead atoms. The van der Waals surface area contributed by atoms with Crippen LogP contribution < -0.4 is 4.90 Å². The summed E-state index contributed by atoms with van der Waals surface area (Å²) in [6.45, 7) is 0. The summed E-state index contributed by atoms with van der Waals surface area (Å²) in [5, 5.41) is 6.63. The summed E-state index contributed by atoms with van der Waals surface area (Å²) >= 11 is 0. The van der Waals surface area contributed by atoms with Crippen LogP contribution in [0.1, 0.15) is 0 Å². The van der Waals surface area contributed by atoms with Crippen molar-refractivity contribution in [1.82, 2.24) is 0 Å². The van der Waals surface area contributed by atoms with Crippen LogP contribution in [0.2, 0.25) is 0 Å². The highest BCUT2D eigenvalue weighted by molar-refractivity contribution is 6.23. The van der Waals surface area contributed by atoms with Gasteiger partial charge in [-0.05, 0) is 64.4 Å². The van der Waals surface area contributed by atoms with E-state index in [1.807, 2.05) is 12.1 Å². The molecule has 3 nitrogen and oxygen atoms in total. The first-order chi connectivity index (χ1) is 24.3. The summed E-state index contributed by atoms with van der Waals surface area (Å²) in [6, 6.07) is 61.8. The second-order valence-electron chi connectivity index (χ2n) is 12.5. The molecule has 0 aliphatic heterocycles. The maximum absolute atomic E-state index is 7.13. The van der Waals surface area contributed by atoms with E-state index in [9.17, 15) is 0 Å². The van der Waals surface area contributed by atoms with Crippen molar-refractivity contribution < 1.29 is 8.83 Å². The number of nitrogens with zero attached hydrogens (tertiary/aromatic N) is 1. The van der Waals surface area contributed by atoms with Crippen LogP contribution in [0.15, 0.2) is 185 Å². The van der Waals surface area contributed by atoms with E-state index in [0.29, 0.717) is 0 Å². The maximum atomic E-state index is 7.13. The topological polar surface area (TPSA) is 29.5 Å². The molecule has 0 saturated heterocycles. The van der Waals surface area contributed by atoms with E-state index in [1.165, 1.54) is 11.1 Å². The monoisotopic (exact) mass is 627 g/mol. The van der Waals surface area contributed by atoms with Crippen LogP contribution in [0, 0.1) is 0 Å². The van der Waals surface area contributed by atoms with Gasteiger partial charge in [-0.3, -0.25) is 0 Å². The minimum Gasteiger partial charge on any atom is -0.455 e. The Labute approximate surface area is 282 Å². The summed E-state index contributed by atoms with van der Waals surface area (Å²) in [4.78, 5) is 2.29. The lowest BCUT2D eigenvalue weighted by Gasteiger charge is -2.25. The number of fused-ring (bicyclic) bond motifs is 7. The molecular weight excluding hydrogens is 599 g/mol. The molecule has 3 heteroatoms. The highest BCUT2D eigenvalue weighted by Crippen LogP contribution is 2.48. The Kier molecular flexibility index (Phi) is 6.18. The van der Waals surface area contributed by atoms with Crippen LogP contribution in [0.3, 0.4) is 0 Å². The number of hydrogen-bond acceptors (Lipinski definition) is 3. The number of anilines is 3. The third kappa shape index (κ3) is 4.37. The molecule has 10 aromatic rings. The SMILES string of the molecule is c1ccc(-c2ccc(N(c3ccccc3)c3cccc4c3oc3c(-c5cccc6c5oc5ccccc56)c5ccccc5cc34)cc2)cc1. The molecule has 2 heterocycles. The van der Waals surface area contributed by atoms with Gasteiger partial charge in [-0.1, -0.05) is 133 Å². The number of benzene rings is 8. The molecule has 0 saturated carbocycles. The molecule has 0 aliphatic rings. The zero-order valence-corrected chi connectivity index (χ0v) is 26.5. The van der Waals surface area contributed by atoms with Crippen molar-refractivity contribution in [1.29, 1.82) is 0 Å². The van der Waals surface area contributed by atoms with E-state index in [2.05, 4.69) is 169 Å². The summed E-state index contributed by atoms with van der Waals surface area (Å²) in [5.41, 5.74) is 10.9. The molecule has 0 radical (unpaired) electrons. The van der Waals surface area contributed by atoms with E-state index in [1.54, 1.807) is 0 Å². The van der Waals surface area contributed by atoms with Crippen molar-refractivity contribution >= 4 is 71.7 Å². The molecule has 0 atom stereocenters. The van der Waals surface area contributed by atoms with Crippen molar-refractivity contribution in [3.05, 3.63) is 176 Å². The summed E-state index contributed by atoms with van der Waals surface area (Å²) in [6.07, 6.45) is 0. The molecule has 0 spiro atoms. The van der Waals surface area contributed by atoms with Crippen molar-refractivity contribution in [2.75, 3.05) is 4.90 Å². The smallest absolute Gasteiger partial charge is 0.159 e. The summed E-state index contributed by atoms with van der Waals surface area (Å²) in [5.74, 6) is 0. The fourth-order valence-corrected chi connectivity index (χ4v) is 7.41. The fraction of sp³-hybridized carbons (Fsp3) is 0. The highest BCUT2D eigenvalue weighted by Gasteiger charge is 2.24. The molecule has 10 rings (SSSR count). The average molecular weight is 628 g/mol. The van der Waals surface area contributed by atoms with E-state index in [0.717, 1.165) is 82.8 Å². The molecule has 0 unspecified atom stereocenters. The third-order valence-electron chi connectivity index (χ3n) is 9.65. The van der Waals surface area contributed by atoms with Crippen LogP contribution in [0.5, 0.6) is 0 Å². The molecule has 230 valence electrons. The predicted octanol–water partition coefficient (Wildman–Crippen LogP) is 13.4.